The fourth-order valence-electron chi connectivity index (χ4n) is 3.28. The highest BCUT2D eigenvalue weighted by Gasteiger charge is 2.34. The van der Waals surface area contributed by atoms with Crippen molar-refractivity contribution in [1.29, 1.82) is 0 Å². The van der Waals surface area contributed by atoms with Crippen molar-refractivity contribution >= 4 is 0 Å². The Hall–Kier alpha value is -2.37. The van der Waals surface area contributed by atoms with E-state index in [0.717, 1.165) is 55.6 Å². The first kappa shape index (κ1) is 18.4. The van der Waals surface area contributed by atoms with Gasteiger partial charge in [0.25, 0.3) is 0 Å². The lowest BCUT2D eigenvalue weighted by Gasteiger charge is -2.31. The van der Waals surface area contributed by atoms with E-state index in [-0.39, 0.29) is 0 Å². The molecule has 0 unspecified atom stereocenters. The van der Waals surface area contributed by atoms with E-state index in [1.54, 1.807) is 0 Å². The summed E-state index contributed by atoms with van der Waals surface area (Å²) in [6.45, 7) is 8.63. The molecule has 3 rings (SSSR count). The molecule has 0 aliphatic carbocycles. The Morgan fingerprint density at radius 2 is 0.962 bits per heavy atom. The molecule has 0 atom stereocenters. The van der Waals surface area contributed by atoms with Crippen LogP contribution in [0.4, 0.5) is 0 Å². The number of rotatable bonds is 9. The topological polar surface area (TPSA) is 53.5 Å². The van der Waals surface area contributed by atoms with E-state index in [4.69, 9.17) is 15.3 Å². The molecule has 3 aromatic rings. The van der Waals surface area contributed by atoms with Crippen molar-refractivity contribution in [2.75, 3.05) is 0 Å². The van der Waals surface area contributed by atoms with Crippen molar-refractivity contribution in [2.45, 2.75) is 72.0 Å². The molecule has 0 bridgehead atoms. The molecule has 0 radical (unpaired) electrons. The molecule has 0 N–H and O–H groups in total. The van der Waals surface area contributed by atoms with Gasteiger partial charge in [-0.2, -0.15) is 15.3 Å². The van der Waals surface area contributed by atoms with Crippen molar-refractivity contribution < 1.29 is 0 Å². The van der Waals surface area contributed by atoms with Crippen molar-refractivity contribution in [3.05, 3.63) is 53.9 Å². The maximum atomic E-state index is 4.83. The largest absolute Gasteiger partial charge is 0.245 e. The number of aromatic nitrogens is 6. The average molecular weight is 355 g/mol. The molecule has 140 valence electrons. The van der Waals surface area contributed by atoms with Crippen molar-refractivity contribution in [2.24, 2.45) is 0 Å². The van der Waals surface area contributed by atoms with Crippen LogP contribution in [0.1, 0.15) is 64.0 Å². The van der Waals surface area contributed by atoms with Crippen LogP contribution in [0.15, 0.2) is 36.8 Å². The van der Waals surface area contributed by atoms with Crippen LogP contribution in [-0.2, 0) is 25.0 Å². The molecule has 6 heteroatoms. The highest BCUT2D eigenvalue weighted by atomic mass is 15.6. The smallest absolute Gasteiger partial charge is 0.225 e. The SMILES string of the molecule is CCCc1ccn(C(C)(n2ccc(CCC)n2)n2ccc(CCC)n2)n1. The van der Waals surface area contributed by atoms with Gasteiger partial charge in [0.1, 0.15) is 0 Å². The quantitative estimate of drug-likeness (QED) is 0.586. The van der Waals surface area contributed by atoms with E-state index in [1.807, 2.05) is 32.6 Å². The van der Waals surface area contributed by atoms with Crippen LogP contribution in [0.25, 0.3) is 0 Å². The summed E-state index contributed by atoms with van der Waals surface area (Å²) in [7, 11) is 0. The minimum absolute atomic E-state index is 0.649. The summed E-state index contributed by atoms with van der Waals surface area (Å²) in [6, 6.07) is 6.28. The molecule has 0 spiro atoms. The van der Waals surface area contributed by atoms with Crippen LogP contribution in [0.2, 0.25) is 0 Å². The minimum Gasteiger partial charge on any atom is -0.225 e. The van der Waals surface area contributed by atoms with E-state index in [9.17, 15) is 0 Å². The molecular weight excluding hydrogens is 324 g/mol. The highest BCUT2D eigenvalue weighted by Crippen LogP contribution is 2.22. The van der Waals surface area contributed by atoms with Gasteiger partial charge in [0, 0.05) is 25.5 Å². The van der Waals surface area contributed by atoms with Crippen LogP contribution < -0.4 is 0 Å². The van der Waals surface area contributed by atoms with Gasteiger partial charge in [-0.25, -0.2) is 14.0 Å². The first-order valence-corrected chi connectivity index (χ1v) is 9.76. The van der Waals surface area contributed by atoms with Crippen LogP contribution in [0.5, 0.6) is 0 Å². The normalized spacial score (nSPS) is 12.0. The first-order chi connectivity index (χ1) is 12.6. The van der Waals surface area contributed by atoms with E-state index >= 15 is 0 Å². The van der Waals surface area contributed by atoms with Crippen molar-refractivity contribution in [3.8, 4) is 0 Å². The van der Waals surface area contributed by atoms with Gasteiger partial charge in [0.05, 0.1) is 17.1 Å². The predicted molar refractivity (Wildman–Crippen MR) is 103 cm³/mol. The number of hydrogen-bond acceptors (Lipinski definition) is 3. The molecule has 3 heterocycles. The maximum absolute atomic E-state index is 4.83. The number of aryl methyl sites for hydroxylation is 3. The first-order valence-electron chi connectivity index (χ1n) is 9.76. The Morgan fingerprint density at radius 1 is 0.654 bits per heavy atom. The molecule has 0 saturated heterocycles. The zero-order valence-corrected chi connectivity index (χ0v) is 16.4. The van der Waals surface area contributed by atoms with Gasteiger partial charge in [0.15, 0.2) is 0 Å². The summed E-state index contributed by atoms with van der Waals surface area (Å²) in [4.78, 5) is 0. The molecule has 3 aromatic heterocycles. The maximum Gasteiger partial charge on any atom is 0.245 e. The molecular formula is C20H30N6. The predicted octanol–water partition coefficient (Wildman–Crippen LogP) is 3.86. The minimum atomic E-state index is -0.649. The van der Waals surface area contributed by atoms with E-state index in [2.05, 4.69) is 45.9 Å². The monoisotopic (exact) mass is 354 g/mol. The van der Waals surface area contributed by atoms with E-state index in [1.165, 1.54) is 0 Å². The fraction of sp³-hybridized carbons (Fsp3) is 0.550. The Bertz CT molecular complexity index is 717. The molecule has 0 fully saturated rings. The van der Waals surface area contributed by atoms with Crippen LogP contribution >= 0.6 is 0 Å². The number of nitrogens with zero attached hydrogens (tertiary/aromatic N) is 6. The molecule has 0 saturated carbocycles. The van der Waals surface area contributed by atoms with Gasteiger partial charge in [-0.1, -0.05) is 40.0 Å². The van der Waals surface area contributed by atoms with Crippen molar-refractivity contribution in [1.82, 2.24) is 29.3 Å². The van der Waals surface area contributed by atoms with Crippen LogP contribution in [-0.4, -0.2) is 29.3 Å². The van der Waals surface area contributed by atoms with Gasteiger partial charge < -0.3 is 0 Å². The summed E-state index contributed by atoms with van der Waals surface area (Å²) in [5.74, 6) is -0.649. The molecule has 0 aliphatic heterocycles. The van der Waals surface area contributed by atoms with Gasteiger partial charge in [-0.15, -0.1) is 0 Å². The highest BCUT2D eigenvalue weighted by molar-refractivity contribution is 5.07. The Balaban J connectivity index is 2.06. The zero-order chi connectivity index (χ0) is 18.6. The third-order valence-corrected chi connectivity index (χ3v) is 4.75. The van der Waals surface area contributed by atoms with Gasteiger partial charge in [-0.05, 0) is 37.5 Å². The Morgan fingerprint density at radius 3 is 1.23 bits per heavy atom. The Kier molecular flexibility index (Phi) is 5.59. The van der Waals surface area contributed by atoms with E-state index < -0.39 is 5.79 Å². The molecule has 0 aliphatic rings. The number of hydrogen-bond donors (Lipinski definition) is 0. The lowest BCUT2D eigenvalue weighted by Crippen LogP contribution is -2.46. The molecule has 26 heavy (non-hydrogen) atoms. The van der Waals surface area contributed by atoms with Crippen molar-refractivity contribution in [3.63, 3.8) is 0 Å². The second kappa shape index (κ2) is 7.89. The summed E-state index contributed by atoms with van der Waals surface area (Å²) in [6.07, 6.45) is 12.3. The van der Waals surface area contributed by atoms with Gasteiger partial charge in [0.2, 0.25) is 5.79 Å². The average Bonchev–Trinajstić information content (AvgIpc) is 3.36. The summed E-state index contributed by atoms with van der Waals surface area (Å²) in [5, 5.41) is 14.5. The fourth-order valence-corrected chi connectivity index (χ4v) is 3.28. The third kappa shape index (κ3) is 3.45. The lowest BCUT2D eigenvalue weighted by atomic mass is 10.3. The second-order valence-corrected chi connectivity index (χ2v) is 6.98. The molecule has 6 nitrogen and oxygen atoms in total. The Labute approximate surface area is 155 Å². The summed E-state index contributed by atoms with van der Waals surface area (Å²) in [5.41, 5.74) is 3.29. The summed E-state index contributed by atoms with van der Waals surface area (Å²) < 4.78 is 5.93. The molecule has 0 aromatic carbocycles. The third-order valence-electron chi connectivity index (χ3n) is 4.75. The standard InChI is InChI=1S/C20H30N6/c1-5-8-17-11-14-24(21-17)20(4,25-15-12-18(22-25)9-6-2)26-16-13-19(23-26)10-7-3/h11-16H,5-10H2,1-4H3. The van der Waals surface area contributed by atoms with Crippen LogP contribution in [0, 0.1) is 0 Å². The summed E-state index contributed by atoms with van der Waals surface area (Å²) >= 11 is 0. The van der Waals surface area contributed by atoms with Gasteiger partial charge >= 0.3 is 0 Å². The van der Waals surface area contributed by atoms with Crippen LogP contribution in [0.3, 0.4) is 0 Å². The lowest BCUT2D eigenvalue weighted by molar-refractivity contribution is 0.139. The zero-order valence-electron chi connectivity index (χ0n) is 16.4. The van der Waals surface area contributed by atoms with Gasteiger partial charge in [-0.3, -0.25) is 0 Å². The molecule has 0 amide bonds. The second-order valence-electron chi connectivity index (χ2n) is 6.98. The van der Waals surface area contributed by atoms with E-state index in [0.29, 0.717) is 0 Å².